The van der Waals surface area contributed by atoms with Gasteiger partial charge in [-0.15, -0.1) is 11.3 Å². The molecule has 1 aromatic heterocycles. The topological polar surface area (TPSA) is 60.3 Å². The highest BCUT2D eigenvalue weighted by Gasteiger charge is 2.14. The molecule has 0 radical (unpaired) electrons. The molecule has 0 saturated heterocycles. The first-order valence-corrected chi connectivity index (χ1v) is 9.08. The summed E-state index contributed by atoms with van der Waals surface area (Å²) in [4.78, 5) is 25.6. The predicted molar refractivity (Wildman–Crippen MR) is 107 cm³/mol. The Hall–Kier alpha value is -2.48. The molecule has 26 heavy (non-hydrogen) atoms. The van der Waals surface area contributed by atoms with Crippen molar-refractivity contribution in [2.75, 3.05) is 12.5 Å². The maximum Gasteiger partial charge on any atom is 0.274 e. The number of para-hydroxylation sites is 1. The van der Waals surface area contributed by atoms with Gasteiger partial charge in [-0.05, 0) is 30.4 Å². The second-order valence-corrected chi connectivity index (χ2v) is 7.25. The molecule has 1 heterocycles. The van der Waals surface area contributed by atoms with Crippen molar-refractivity contribution >= 4 is 41.1 Å². The Labute approximate surface area is 163 Å². The maximum atomic E-state index is 12.5. The van der Waals surface area contributed by atoms with Crippen molar-refractivity contribution in [3.63, 3.8) is 0 Å². The van der Waals surface area contributed by atoms with Crippen LogP contribution in [0.1, 0.15) is 10.4 Å². The summed E-state index contributed by atoms with van der Waals surface area (Å²) >= 11 is 12.7. The van der Waals surface area contributed by atoms with E-state index >= 15 is 0 Å². The molecule has 0 aliphatic carbocycles. The molecule has 0 unspecified atom stereocenters. The molecule has 5 nitrogen and oxygen atoms in total. The number of hydrogen-bond acceptors (Lipinski definition) is 5. The number of carbonyl (C=O) groups excluding carboxylic acids is 1. The molecular formula is C18H13ClN2O3S2. The van der Waals surface area contributed by atoms with Gasteiger partial charge in [0, 0.05) is 21.5 Å². The fourth-order valence-corrected chi connectivity index (χ4v) is 3.89. The molecule has 3 aromatic rings. The lowest BCUT2D eigenvalue weighted by molar-refractivity contribution is 0.100. The molecule has 1 N–H and O–H groups in total. The zero-order valence-electron chi connectivity index (χ0n) is 13.6. The average molecular weight is 405 g/mol. The lowest BCUT2D eigenvalue weighted by Gasteiger charge is -2.11. The van der Waals surface area contributed by atoms with E-state index in [9.17, 15) is 9.59 Å². The number of amides is 1. The number of carbonyl (C=O) groups is 1. The number of nitrogens with one attached hydrogen (secondary N) is 1. The number of aromatic nitrogens is 1. The number of hydrogen-bond donors (Lipinski definition) is 1. The minimum atomic E-state index is -0.492. The normalized spacial score (nSPS) is 10.4. The minimum absolute atomic E-state index is 0.204. The van der Waals surface area contributed by atoms with E-state index < -0.39 is 11.5 Å². The smallest absolute Gasteiger partial charge is 0.274 e. The minimum Gasteiger partial charge on any atom is -0.496 e. The number of methoxy groups -OCH3 is 1. The summed E-state index contributed by atoms with van der Waals surface area (Å²) in [6.45, 7) is 0. The lowest BCUT2D eigenvalue weighted by Crippen LogP contribution is -2.33. The maximum absolute atomic E-state index is 12.5. The van der Waals surface area contributed by atoms with E-state index in [0.717, 1.165) is 4.68 Å². The van der Waals surface area contributed by atoms with Crippen molar-refractivity contribution in [1.29, 1.82) is 0 Å². The highest BCUT2D eigenvalue weighted by atomic mass is 35.5. The van der Waals surface area contributed by atoms with Crippen LogP contribution in [-0.4, -0.2) is 17.7 Å². The van der Waals surface area contributed by atoms with Gasteiger partial charge in [0.05, 0.1) is 12.7 Å². The van der Waals surface area contributed by atoms with Crippen LogP contribution in [0.25, 0.3) is 10.4 Å². The third-order valence-corrected chi connectivity index (χ3v) is 5.24. The van der Waals surface area contributed by atoms with Gasteiger partial charge in [-0.25, -0.2) is 0 Å². The van der Waals surface area contributed by atoms with Gasteiger partial charge >= 0.3 is 0 Å². The molecule has 0 aliphatic rings. The number of rotatable bonds is 4. The van der Waals surface area contributed by atoms with Crippen LogP contribution in [0.4, 0.5) is 0 Å². The van der Waals surface area contributed by atoms with Crippen molar-refractivity contribution < 1.29 is 9.53 Å². The van der Waals surface area contributed by atoms with Gasteiger partial charge in [-0.2, -0.15) is 4.68 Å². The van der Waals surface area contributed by atoms with E-state index in [4.69, 9.17) is 28.6 Å². The molecule has 0 spiro atoms. The Morgan fingerprint density at radius 2 is 1.88 bits per heavy atom. The molecule has 1 amide bonds. The second kappa shape index (κ2) is 7.82. The zero-order valence-corrected chi connectivity index (χ0v) is 16.0. The monoisotopic (exact) mass is 404 g/mol. The fraction of sp³-hybridized carbons (Fsp3) is 0.0556. The summed E-state index contributed by atoms with van der Waals surface area (Å²) in [7, 11) is 1.47. The Kier molecular flexibility index (Phi) is 5.51. The van der Waals surface area contributed by atoms with Crippen LogP contribution in [-0.2, 0) is 0 Å². The van der Waals surface area contributed by atoms with Crippen molar-refractivity contribution in [3.8, 4) is 16.2 Å². The van der Waals surface area contributed by atoms with Crippen LogP contribution in [0.5, 0.6) is 5.75 Å². The summed E-state index contributed by atoms with van der Waals surface area (Å²) in [6, 6.07) is 15.3. The van der Waals surface area contributed by atoms with E-state index in [1.807, 2.05) is 6.07 Å². The number of nitrogens with zero attached hydrogens (tertiary/aromatic N) is 1. The average Bonchev–Trinajstić information content (AvgIpc) is 2.64. The van der Waals surface area contributed by atoms with E-state index in [1.165, 1.54) is 24.5 Å². The van der Waals surface area contributed by atoms with Gasteiger partial charge in [0.25, 0.3) is 11.5 Å². The van der Waals surface area contributed by atoms with Crippen molar-refractivity contribution in [2.45, 2.75) is 0 Å². The Morgan fingerprint density at radius 1 is 1.19 bits per heavy atom. The first-order valence-electron chi connectivity index (χ1n) is 7.47. The van der Waals surface area contributed by atoms with Gasteiger partial charge in [-0.1, -0.05) is 41.9 Å². The van der Waals surface area contributed by atoms with Gasteiger partial charge < -0.3 is 4.74 Å². The molecule has 0 aliphatic heterocycles. The molecule has 0 bridgehead atoms. The van der Waals surface area contributed by atoms with E-state index in [-0.39, 0.29) is 3.95 Å². The van der Waals surface area contributed by atoms with Crippen molar-refractivity contribution in [3.05, 3.63) is 79.5 Å². The number of benzene rings is 2. The SMILES string of the molecule is COc1ccccc1C(=O)Nn1c(=O)cc(-c2ccccc2Cl)sc1=S. The zero-order chi connectivity index (χ0) is 18.7. The van der Waals surface area contributed by atoms with Gasteiger partial charge in [0.15, 0.2) is 3.95 Å². The van der Waals surface area contributed by atoms with Crippen LogP contribution in [0.15, 0.2) is 59.4 Å². The molecule has 8 heteroatoms. The van der Waals surface area contributed by atoms with Crippen LogP contribution in [0.2, 0.25) is 5.02 Å². The van der Waals surface area contributed by atoms with E-state index in [2.05, 4.69) is 5.43 Å². The first kappa shape index (κ1) is 18.3. The van der Waals surface area contributed by atoms with Crippen molar-refractivity contribution in [1.82, 2.24) is 4.68 Å². The molecule has 2 aromatic carbocycles. The predicted octanol–water partition coefficient (Wildman–Crippen LogP) is 4.35. The summed E-state index contributed by atoms with van der Waals surface area (Å²) in [5.41, 5.74) is 3.09. The van der Waals surface area contributed by atoms with E-state index in [0.29, 0.717) is 26.8 Å². The number of ether oxygens (including phenoxy) is 1. The fourth-order valence-electron chi connectivity index (χ4n) is 2.32. The highest BCUT2D eigenvalue weighted by Crippen LogP contribution is 2.29. The van der Waals surface area contributed by atoms with E-state index in [1.54, 1.807) is 42.5 Å². The van der Waals surface area contributed by atoms with Gasteiger partial charge in [0.2, 0.25) is 0 Å². The lowest BCUT2D eigenvalue weighted by atomic mass is 10.2. The van der Waals surface area contributed by atoms with Gasteiger partial charge in [-0.3, -0.25) is 15.0 Å². The second-order valence-electron chi connectivity index (χ2n) is 5.17. The standard InChI is InChI=1S/C18H13ClN2O3S2/c1-24-14-9-5-3-7-12(14)17(23)20-21-16(22)10-15(26-18(21)25)11-6-2-4-8-13(11)19/h2-10H,1H3,(H,20,23). The summed E-state index contributed by atoms with van der Waals surface area (Å²) in [6.07, 6.45) is 0. The largest absolute Gasteiger partial charge is 0.496 e. The Bertz CT molecular complexity index is 1060. The summed E-state index contributed by atoms with van der Waals surface area (Å²) in [5, 5.41) is 0.522. The Balaban J connectivity index is 1.98. The summed E-state index contributed by atoms with van der Waals surface area (Å²) in [5.74, 6) is -0.0892. The third-order valence-electron chi connectivity index (χ3n) is 3.56. The quantitative estimate of drug-likeness (QED) is 0.656. The van der Waals surface area contributed by atoms with Crippen LogP contribution in [0, 0.1) is 3.95 Å². The van der Waals surface area contributed by atoms with Crippen LogP contribution < -0.4 is 15.7 Å². The first-order chi connectivity index (χ1) is 12.5. The van der Waals surface area contributed by atoms with Crippen LogP contribution in [0.3, 0.4) is 0 Å². The molecule has 132 valence electrons. The molecular weight excluding hydrogens is 392 g/mol. The third kappa shape index (κ3) is 3.70. The number of halogens is 1. The molecule has 0 atom stereocenters. The molecule has 3 rings (SSSR count). The van der Waals surface area contributed by atoms with Crippen LogP contribution >= 0.6 is 35.2 Å². The van der Waals surface area contributed by atoms with Crippen molar-refractivity contribution in [2.24, 2.45) is 0 Å². The highest BCUT2D eigenvalue weighted by molar-refractivity contribution is 7.73. The molecule has 0 fully saturated rings. The Morgan fingerprint density at radius 3 is 2.58 bits per heavy atom. The molecule has 0 saturated carbocycles. The van der Waals surface area contributed by atoms with Gasteiger partial charge in [0.1, 0.15) is 5.75 Å². The summed E-state index contributed by atoms with van der Waals surface area (Å²) < 4.78 is 6.41.